The van der Waals surface area contributed by atoms with Crippen LogP contribution in [-0.2, 0) is 0 Å². The van der Waals surface area contributed by atoms with Crippen LogP contribution in [-0.4, -0.2) is 17.2 Å². The Morgan fingerprint density at radius 3 is 2.41 bits per heavy atom. The first-order chi connectivity index (χ1) is 8.10. The third-order valence-electron chi connectivity index (χ3n) is 2.35. The van der Waals surface area contributed by atoms with Crippen molar-refractivity contribution in [1.29, 1.82) is 0 Å². The van der Waals surface area contributed by atoms with Gasteiger partial charge in [0, 0.05) is 14.5 Å². The maximum atomic E-state index is 5.61. The van der Waals surface area contributed by atoms with Gasteiger partial charge in [0.2, 0.25) is 11.8 Å². The van der Waals surface area contributed by atoms with Crippen molar-refractivity contribution in [1.82, 2.24) is 15.5 Å². The van der Waals surface area contributed by atoms with Crippen LogP contribution in [0.4, 0.5) is 0 Å². The summed E-state index contributed by atoms with van der Waals surface area (Å²) in [6.45, 7) is 1.97. The van der Waals surface area contributed by atoms with E-state index in [1.54, 1.807) is 0 Å². The van der Waals surface area contributed by atoms with Crippen molar-refractivity contribution in [3.05, 3.63) is 33.0 Å². The summed E-state index contributed by atoms with van der Waals surface area (Å²) in [5.41, 5.74) is 0.883. The maximum Gasteiger partial charge on any atom is 0.247 e. The van der Waals surface area contributed by atoms with Gasteiger partial charge >= 0.3 is 0 Å². The van der Waals surface area contributed by atoms with Crippen LogP contribution in [0.25, 0.3) is 11.5 Å². The van der Waals surface area contributed by atoms with E-state index in [-0.39, 0.29) is 6.04 Å². The lowest BCUT2D eigenvalue weighted by atomic mass is 10.2. The minimum Gasteiger partial charge on any atom is -0.419 e. The number of hydrogen-bond acceptors (Lipinski definition) is 4. The molecular formula is C11H11Br2N3O. The zero-order chi connectivity index (χ0) is 12.4. The Labute approximate surface area is 116 Å². The number of nitrogens with zero attached hydrogens (tertiary/aromatic N) is 2. The van der Waals surface area contributed by atoms with Gasteiger partial charge in [-0.2, -0.15) is 0 Å². The summed E-state index contributed by atoms with van der Waals surface area (Å²) in [5.74, 6) is 1.10. The molecule has 0 amide bonds. The number of nitrogens with one attached hydrogen (secondary N) is 1. The lowest BCUT2D eigenvalue weighted by molar-refractivity contribution is 0.441. The molecular weight excluding hydrogens is 350 g/mol. The quantitative estimate of drug-likeness (QED) is 0.909. The Morgan fingerprint density at radius 2 is 1.82 bits per heavy atom. The molecule has 0 saturated heterocycles. The Hall–Kier alpha value is -0.720. The molecule has 1 aromatic heterocycles. The van der Waals surface area contributed by atoms with E-state index >= 15 is 0 Å². The number of benzene rings is 1. The summed E-state index contributed by atoms with van der Waals surface area (Å²) >= 11 is 6.85. The standard InChI is InChI=1S/C11H11Br2N3O/c1-6(14-2)10-15-16-11(17-10)7-3-8(12)5-9(13)4-7/h3-6,14H,1-2H3. The fraction of sp³-hybridized carbons (Fsp3) is 0.273. The fourth-order valence-corrected chi connectivity index (χ4v) is 2.62. The van der Waals surface area contributed by atoms with Crippen LogP contribution in [0.15, 0.2) is 31.6 Å². The van der Waals surface area contributed by atoms with Gasteiger partial charge in [0.05, 0.1) is 6.04 Å². The van der Waals surface area contributed by atoms with Crippen molar-refractivity contribution in [2.75, 3.05) is 7.05 Å². The van der Waals surface area contributed by atoms with Gasteiger partial charge in [0.25, 0.3) is 0 Å². The van der Waals surface area contributed by atoms with Crippen LogP contribution in [0, 0.1) is 0 Å². The zero-order valence-corrected chi connectivity index (χ0v) is 12.5. The molecule has 0 aliphatic rings. The molecule has 0 aliphatic carbocycles. The molecule has 1 atom stereocenters. The minimum atomic E-state index is 0.0480. The highest BCUT2D eigenvalue weighted by atomic mass is 79.9. The smallest absolute Gasteiger partial charge is 0.247 e. The van der Waals surface area contributed by atoms with Crippen LogP contribution < -0.4 is 5.32 Å². The van der Waals surface area contributed by atoms with E-state index in [0.717, 1.165) is 14.5 Å². The first-order valence-corrected chi connectivity index (χ1v) is 6.66. The molecule has 0 spiro atoms. The third kappa shape index (κ3) is 2.94. The number of halogens is 2. The van der Waals surface area contributed by atoms with Gasteiger partial charge in [-0.05, 0) is 32.2 Å². The van der Waals surface area contributed by atoms with Crippen molar-refractivity contribution in [3.63, 3.8) is 0 Å². The highest BCUT2D eigenvalue weighted by Gasteiger charge is 2.13. The van der Waals surface area contributed by atoms with Crippen molar-refractivity contribution in [2.45, 2.75) is 13.0 Å². The van der Waals surface area contributed by atoms with E-state index in [0.29, 0.717) is 11.8 Å². The average Bonchev–Trinajstić information content (AvgIpc) is 2.76. The van der Waals surface area contributed by atoms with Crippen LogP contribution in [0.5, 0.6) is 0 Å². The predicted molar refractivity (Wildman–Crippen MR) is 72.6 cm³/mol. The molecule has 0 bridgehead atoms. The van der Waals surface area contributed by atoms with Gasteiger partial charge in [-0.1, -0.05) is 31.9 Å². The van der Waals surface area contributed by atoms with Gasteiger partial charge in [0.15, 0.2) is 0 Å². The second kappa shape index (κ2) is 5.29. The van der Waals surface area contributed by atoms with E-state index in [2.05, 4.69) is 47.4 Å². The summed E-state index contributed by atoms with van der Waals surface area (Å²) in [6, 6.07) is 5.88. The largest absolute Gasteiger partial charge is 0.419 e. The maximum absolute atomic E-state index is 5.61. The molecule has 17 heavy (non-hydrogen) atoms. The number of rotatable bonds is 3. The second-order valence-electron chi connectivity index (χ2n) is 3.61. The summed E-state index contributed by atoms with van der Waals surface area (Å²) in [7, 11) is 1.85. The highest BCUT2D eigenvalue weighted by Crippen LogP contribution is 2.27. The molecule has 1 heterocycles. The topological polar surface area (TPSA) is 51.0 Å². The summed E-state index contributed by atoms with van der Waals surface area (Å²) < 4.78 is 7.53. The zero-order valence-electron chi connectivity index (χ0n) is 9.37. The second-order valence-corrected chi connectivity index (χ2v) is 5.45. The molecule has 1 N–H and O–H groups in total. The van der Waals surface area contributed by atoms with Gasteiger partial charge in [0.1, 0.15) is 0 Å². The first-order valence-electron chi connectivity index (χ1n) is 5.07. The summed E-state index contributed by atoms with van der Waals surface area (Å²) in [6.07, 6.45) is 0. The normalized spacial score (nSPS) is 12.7. The van der Waals surface area contributed by atoms with Crippen LogP contribution in [0.1, 0.15) is 18.9 Å². The van der Waals surface area contributed by atoms with Crippen molar-refractivity contribution in [2.24, 2.45) is 0 Å². The van der Waals surface area contributed by atoms with Crippen LogP contribution in [0.3, 0.4) is 0 Å². The molecule has 6 heteroatoms. The Balaban J connectivity index is 2.36. The van der Waals surface area contributed by atoms with E-state index in [9.17, 15) is 0 Å². The van der Waals surface area contributed by atoms with Gasteiger partial charge in [-0.15, -0.1) is 10.2 Å². The molecule has 1 aromatic carbocycles. The van der Waals surface area contributed by atoms with Crippen molar-refractivity contribution < 1.29 is 4.42 Å². The summed E-state index contributed by atoms with van der Waals surface area (Å²) in [4.78, 5) is 0. The van der Waals surface area contributed by atoms with Crippen molar-refractivity contribution in [3.8, 4) is 11.5 Å². The molecule has 0 saturated carbocycles. The third-order valence-corrected chi connectivity index (χ3v) is 3.27. The summed E-state index contributed by atoms with van der Waals surface area (Å²) in [5, 5.41) is 11.1. The lowest BCUT2D eigenvalue weighted by Crippen LogP contribution is -2.12. The molecule has 1 unspecified atom stereocenters. The molecule has 0 aliphatic heterocycles. The number of hydrogen-bond donors (Lipinski definition) is 1. The molecule has 2 aromatic rings. The van der Waals surface area contributed by atoms with Gasteiger partial charge < -0.3 is 9.73 Å². The van der Waals surface area contributed by atoms with E-state index in [1.807, 2.05) is 32.2 Å². The molecule has 0 radical (unpaired) electrons. The molecule has 0 fully saturated rings. The highest BCUT2D eigenvalue weighted by molar-refractivity contribution is 9.11. The minimum absolute atomic E-state index is 0.0480. The Bertz CT molecular complexity index is 507. The molecule has 4 nitrogen and oxygen atoms in total. The number of aromatic nitrogens is 2. The van der Waals surface area contributed by atoms with Crippen molar-refractivity contribution >= 4 is 31.9 Å². The van der Waals surface area contributed by atoms with E-state index in [1.165, 1.54) is 0 Å². The monoisotopic (exact) mass is 359 g/mol. The predicted octanol–water partition coefficient (Wildman–Crippen LogP) is 3.54. The first kappa shape index (κ1) is 12.7. The lowest BCUT2D eigenvalue weighted by Gasteiger charge is -2.02. The Kier molecular flexibility index (Phi) is 3.96. The van der Waals surface area contributed by atoms with Gasteiger partial charge in [-0.3, -0.25) is 0 Å². The van der Waals surface area contributed by atoms with Crippen LogP contribution in [0.2, 0.25) is 0 Å². The Morgan fingerprint density at radius 1 is 1.18 bits per heavy atom. The molecule has 2 rings (SSSR count). The SMILES string of the molecule is CNC(C)c1nnc(-c2cc(Br)cc(Br)c2)o1. The molecule has 90 valence electrons. The van der Waals surface area contributed by atoms with E-state index in [4.69, 9.17) is 4.42 Å². The van der Waals surface area contributed by atoms with Gasteiger partial charge in [-0.25, -0.2) is 0 Å². The average molecular weight is 361 g/mol. The van der Waals surface area contributed by atoms with Crippen LogP contribution >= 0.6 is 31.9 Å². The fourth-order valence-electron chi connectivity index (χ4n) is 1.33. The van der Waals surface area contributed by atoms with E-state index < -0.39 is 0 Å².